The molecule has 0 saturated carbocycles. The molecule has 0 spiro atoms. The average molecular weight is 180 g/mol. The van der Waals surface area contributed by atoms with Gasteiger partial charge in [0, 0.05) is 18.4 Å². The maximum atomic E-state index is 4.31. The minimum atomic E-state index is 0.353. The molecule has 0 bridgehead atoms. The Morgan fingerprint density at radius 3 is 2.62 bits per heavy atom. The van der Waals surface area contributed by atoms with Crippen LogP contribution in [-0.4, -0.2) is 9.78 Å². The molecular weight excluding hydrogens is 160 g/mol. The largest absolute Gasteiger partial charge is 0.270 e. The molecular formula is C11H20N2. The summed E-state index contributed by atoms with van der Waals surface area (Å²) in [5, 5.41) is 4.31. The van der Waals surface area contributed by atoms with Crippen LogP contribution in [0.4, 0.5) is 0 Å². The van der Waals surface area contributed by atoms with Gasteiger partial charge >= 0.3 is 0 Å². The standard InChI is InChI=1S/C11H20N2/c1-5-8-13-10(6-7-12-13)9-11(2,3)4/h6-7H,5,8-9H2,1-4H3. The smallest absolute Gasteiger partial charge is 0.0492 e. The third kappa shape index (κ3) is 3.21. The zero-order valence-electron chi connectivity index (χ0n) is 9.17. The zero-order valence-corrected chi connectivity index (χ0v) is 9.17. The minimum Gasteiger partial charge on any atom is -0.270 e. The molecule has 0 aliphatic carbocycles. The van der Waals surface area contributed by atoms with E-state index in [-0.39, 0.29) is 0 Å². The van der Waals surface area contributed by atoms with Crippen molar-refractivity contribution in [2.24, 2.45) is 5.41 Å². The van der Waals surface area contributed by atoms with Gasteiger partial charge in [-0.2, -0.15) is 5.10 Å². The first-order valence-electron chi connectivity index (χ1n) is 5.03. The number of nitrogens with zero attached hydrogens (tertiary/aromatic N) is 2. The first-order valence-corrected chi connectivity index (χ1v) is 5.03. The third-order valence-electron chi connectivity index (χ3n) is 1.95. The monoisotopic (exact) mass is 180 g/mol. The van der Waals surface area contributed by atoms with Crippen LogP contribution in [0.1, 0.15) is 39.8 Å². The molecule has 74 valence electrons. The van der Waals surface area contributed by atoms with Gasteiger partial charge in [-0.25, -0.2) is 0 Å². The topological polar surface area (TPSA) is 17.8 Å². The zero-order chi connectivity index (χ0) is 9.90. The van der Waals surface area contributed by atoms with Crippen LogP contribution in [0.15, 0.2) is 12.3 Å². The van der Waals surface area contributed by atoms with Crippen LogP contribution in [0, 0.1) is 5.41 Å². The molecule has 0 saturated heterocycles. The lowest BCUT2D eigenvalue weighted by atomic mass is 9.90. The summed E-state index contributed by atoms with van der Waals surface area (Å²) in [6.45, 7) is 10.0. The molecule has 0 unspecified atom stereocenters. The van der Waals surface area contributed by atoms with Crippen LogP contribution in [0.3, 0.4) is 0 Å². The van der Waals surface area contributed by atoms with E-state index in [1.807, 2.05) is 6.20 Å². The van der Waals surface area contributed by atoms with Crippen LogP contribution in [-0.2, 0) is 13.0 Å². The van der Waals surface area contributed by atoms with E-state index in [0.717, 1.165) is 19.4 Å². The van der Waals surface area contributed by atoms with Gasteiger partial charge in [0.25, 0.3) is 0 Å². The number of hydrogen-bond donors (Lipinski definition) is 0. The van der Waals surface area contributed by atoms with Gasteiger partial charge in [0.1, 0.15) is 0 Å². The van der Waals surface area contributed by atoms with Gasteiger partial charge in [-0.3, -0.25) is 4.68 Å². The third-order valence-corrected chi connectivity index (χ3v) is 1.95. The molecule has 0 radical (unpaired) electrons. The Balaban J connectivity index is 2.70. The lowest BCUT2D eigenvalue weighted by Gasteiger charge is -2.18. The van der Waals surface area contributed by atoms with Crippen molar-refractivity contribution in [3.8, 4) is 0 Å². The second kappa shape index (κ2) is 3.95. The van der Waals surface area contributed by atoms with E-state index in [2.05, 4.69) is 43.5 Å². The Hall–Kier alpha value is -0.790. The van der Waals surface area contributed by atoms with Gasteiger partial charge in [-0.1, -0.05) is 27.7 Å². The normalized spacial score (nSPS) is 12.0. The van der Waals surface area contributed by atoms with Gasteiger partial charge in [0.15, 0.2) is 0 Å². The summed E-state index contributed by atoms with van der Waals surface area (Å²) >= 11 is 0. The van der Waals surface area contributed by atoms with Crippen molar-refractivity contribution < 1.29 is 0 Å². The van der Waals surface area contributed by atoms with Crippen LogP contribution in [0.2, 0.25) is 0 Å². The lowest BCUT2D eigenvalue weighted by molar-refractivity contribution is 0.391. The Kier molecular flexibility index (Phi) is 3.12. The predicted molar refractivity (Wildman–Crippen MR) is 55.7 cm³/mol. The average Bonchev–Trinajstić information content (AvgIpc) is 2.34. The summed E-state index contributed by atoms with van der Waals surface area (Å²) in [4.78, 5) is 0. The summed E-state index contributed by atoms with van der Waals surface area (Å²) in [6.07, 6.45) is 4.16. The molecule has 1 aromatic rings. The number of rotatable bonds is 3. The number of hydrogen-bond acceptors (Lipinski definition) is 1. The highest BCUT2D eigenvalue weighted by atomic mass is 15.3. The van der Waals surface area contributed by atoms with E-state index < -0.39 is 0 Å². The molecule has 0 N–H and O–H groups in total. The quantitative estimate of drug-likeness (QED) is 0.699. The van der Waals surface area contributed by atoms with Gasteiger partial charge in [0.2, 0.25) is 0 Å². The first-order chi connectivity index (χ1) is 6.03. The van der Waals surface area contributed by atoms with Crippen molar-refractivity contribution in [2.75, 3.05) is 0 Å². The van der Waals surface area contributed by atoms with E-state index >= 15 is 0 Å². The van der Waals surface area contributed by atoms with Gasteiger partial charge < -0.3 is 0 Å². The van der Waals surface area contributed by atoms with Crippen molar-refractivity contribution in [2.45, 2.75) is 47.1 Å². The Bertz CT molecular complexity index is 255. The minimum absolute atomic E-state index is 0.353. The van der Waals surface area contributed by atoms with E-state index in [1.165, 1.54) is 5.69 Å². The van der Waals surface area contributed by atoms with Gasteiger partial charge in [0.05, 0.1) is 0 Å². The molecule has 0 aliphatic rings. The molecule has 1 heterocycles. The molecule has 0 fully saturated rings. The molecule has 0 aliphatic heterocycles. The summed E-state index contributed by atoms with van der Waals surface area (Å²) in [5.41, 5.74) is 1.71. The summed E-state index contributed by atoms with van der Waals surface area (Å²) < 4.78 is 2.12. The molecule has 1 aromatic heterocycles. The predicted octanol–water partition coefficient (Wildman–Crippen LogP) is 2.88. The summed E-state index contributed by atoms with van der Waals surface area (Å²) in [7, 11) is 0. The molecule has 0 atom stereocenters. The van der Waals surface area contributed by atoms with Crippen LogP contribution in [0.5, 0.6) is 0 Å². The fraction of sp³-hybridized carbons (Fsp3) is 0.727. The molecule has 2 nitrogen and oxygen atoms in total. The highest BCUT2D eigenvalue weighted by molar-refractivity contribution is 5.02. The highest BCUT2D eigenvalue weighted by Gasteiger charge is 2.13. The summed E-state index contributed by atoms with van der Waals surface area (Å²) in [5.74, 6) is 0. The van der Waals surface area contributed by atoms with Gasteiger partial charge in [-0.15, -0.1) is 0 Å². The Morgan fingerprint density at radius 1 is 1.38 bits per heavy atom. The Morgan fingerprint density at radius 2 is 2.08 bits per heavy atom. The summed E-state index contributed by atoms with van der Waals surface area (Å²) in [6, 6.07) is 2.13. The SMILES string of the molecule is CCCn1nccc1CC(C)(C)C. The lowest BCUT2D eigenvalue weighted by Crippen LogP contribution is -2.14. The molecule has 0 aromatic carbocycles. The van der Waals surface area contributed by atoms with E-state index in [9.17, 15) is 0 Å². The van der Waals surface area contributed by atoms with Crippen molar-refractivity contribution >= 4 is 0 Å². The van der Waals surface area contributed by atoms with Crippen LogP contribution < -0.4 is 0 Å². The maximum Gasteiger partial charge on any atom is 0.0492 e. The van der Waals surface area contributed by atoms with Crippen molar-refractivity contribution in [3.63, 3.8) is 0 Å². The second-order valence-corrected chi connectivity index (χ2v) is 4.78. The molecule has 0 amide bonds. The van der Waals surface area contributed by atoms with Crippen molar-refractivity contribution in [1.29, 1.82) is 0 Å². The molecule has 2 heteroatoms. The fourth-order valence-electron chi connectivity index (χ4n) is 1.47. The van der Waals surface area contributed by atoms with Crippen molar-refractivity contribution in [1.82, 2.24) is 9.78 Å². The van der Waals surface area contributed by atoms with E-state index in [0.29, 0.717) is 5.41 Å². The molecule has 1 rings (SSSR count). The van der Waals surface area contributed by atoms with Gasteiger partial charge in [-0.05, 0) is 24.3 Å². The first kappa shape index (κ1) is 10.3. The van der Waals surface area contributed by atoms with Crippen LogP contribution in [0.25, 0.3) is 0 Å². The van der Waals surface area contributed by atoms with Crippen LogP contribution >= 0.6 is 0 Å². The number of aryl methyl sites for hydroxylation is 1. The van der Waals surface area contributed by atoms with Crippen molar-refractivity contribution in [3.05, 3.63) is 18.0 Å². The number of aromatic nitrogens is 2. The molecule has 13 heavy (non-hydrogen) atoms. The Labute approximate surface area is 81.0 Å². The second-order valence-electron chi connectivity index (χ2n) is 4.78. The highest BCUT2D eigenvalue weighted by Crippen LogP contribution is 2.20. The van der Waals surface area contributed by atoms with E-state index in [4.69, 9.17) is 0 Å². The maximum absolute atomic E-state index is 4.31. The van der Waals surface area contributed by atoms with E-state index in [1.54, 1.807) is 0 Å². The fourth-order valence-corrected chi connectivity index (χ4v) is 1.47.